The number of carbonyl (C=O) groups is 1. The summed E-state index contributed by atoms with van der Waals surface area (Å²) >= 11 is 0. The molecule has 5 nitrogen and oxygen atoms in total. The number of nitrogens with zero attached hydrogens (tertiary/aromatic N) is 4. The third kappa shape index (κ3) is 3.64. The van der Waals surface area contributed by atoms with Gasteiger partial charge in [0.25, 0.3) is 5.91 Å². The largest absolute Gasteiger partial charge is 0.433 e. The number of fused-ring (bicyclic) bond motifs is 1. The molecule has 0 unspecified atom stereocenters. The van der Waals surface area contributed by atoms with E-state index < -0.39 is 23.6 Å². The van der Waals surface area contributed by atoms with E-state index in [0.717, 1.165) is 37.5 Å². The Hall–Kier alpha value is -2.97. The zero-order valence-corrected chi connectivity index (χ0v) is 16.4. The summed E-state index contributed by atoms with van der Waals surface area (Å²) in [5.74, 6) is -0.908. The highest BCUT2D eigenvalue weighted by Crippen LogP contribution is 2.33. The van der Waals surface area contributed by atoms with Crippen molar-refractivity contribution in [3.8, 4) is 11.3 Å². The molecule has 0 radical (unpaired) electrons. The van der Waals surface area contributed by atoms with Gasteiger partial charge in [-0.15, -0.1) is 0 Å². The molecule has 2 aromatic heterocycles. The fourth-order valence-corrected chi connectivity index (χ4v) is 4.00. The fourth-order valence-electron chi connectivity index (χ4n) is 4.00. The SMILES string of the molecule is C[C@H]1CCC[C@H](C)N1C(=O)c1cc2nc(-c3ccc(F)cc3)cc(C(F)(F)F)n2n1. The van der Waals surface area contributed by atoms with Gasteiger partial charge in [-0.1, -0.05) is 0 Å². The highest BCUT2D eigenvalue weighted by Gasteiger charge is 2.37. The molecular formula is C21H20F4N4O. The first-order valence-electron chi connectivity index (χ1n) is 9.72. The predicted octanol–water partition coefficient (Wildman–Crippen LogP) is 4.96. The second kappa shape index (κ2) is 7.37. The molecule has 0 saturated carbocycles. The molecule has 1 fully saturated rings. The van der Waals surface area contributed by atoms with Gasteiger partial charge >= 0.3 is 6.18 Å². The van der Waals surface area contributed by atoms with Crippen LogP contribution in [0, 0.1) is 5.82 Å². The van der Waals surface area contributed by atoms with Crippen LogP contribution in [0.15, 0.2) is 36.4 Å². The van der Waals surface area contributed by atoms with Crippen molar-refractivity contribution >= 4 is 11.6 Å². The Balaban J connectivity index is 1.83. The summed E-state index contributed by atoms with van der Waals surface area (Å²) in [6.07, 6.45) is -2.04. The number of likely N-dealkylation sites (tertiary alicyclic amines) is 1. The van der Waals surface area contributed by atoms with Crippen molar-refractivity contribution in [1.29, 1.82) is 0 Å². The van der Waals surface area contributed by atoms with Gasteiger partial charge < -0.3 is 4.90 Å². The molecular weight excluding hydrogens is 400 g/mol. The number of alkyl halides is 3. The Kier molecular flexibility index (Phi) is 4.99. The van der Waals surface area contributed by atoms with Gasteiger partial charge in [0.2, 0.25) is 0 Å². The lowest BCUT2D eigenvalue weighted by Gasteiger charge is -2.38. The maximum absolute atomic E-state index is 13.7. The maximum atomic E-state index is 13.7. The number of halogens is 4. The van der Waals surface area contributed by atoms with E-state index in [1.54, 1.807) is 4.90 Å². The van der Waals surface area contributed by atoms with Gasteiger partial charge in [0.1, 0.15) is 5.82 Å². The molecule has 2 atom stereocenters. The number of benzene rings is 1. The van der Waals surface area contributed by atoms with Crippen LogP contribution < -0.4 is 0 Å². The van der Waals surface area contributed by atoms with E-state index in [1.807, 2.05) is 13.8 Å². The molecule has 3 heterocycles. The average molecular weight is 420 g/mol. The Morgan fingerprint density at radius 1 is 1.07 bits per heavy atom. The summed E-state index contributed by atoms with van der Waals surface area (Å²) in [6.45, 7) is 3.85. The van der Waals surface area contributed by atoms with Crippen LogP contribution in [0.1, 0.15) is 49.3 Å². The highest BCUT2D eigenvalue weighted by molar-refractivity contribution is 5.94. The molecule has 0 spiro atoms. The second-order valence-corrected chi connectivity index (χ2v) is 7.67. The Morgan fingerprint density at radius 2 is 1.70 bits per heavy atom. The van der Waals surface area contributed by atoms with E-state index in [4.69, 9.17) is 0 Å². The molecule has 0 N–H and O–H groups in total. The lowest BCUT2D eigenvalue weighted by atomic mass is 9.97. The van der Waals surface area contributed by atoms with Crippen molar-refractivity contribution in [2.45, 2.75) is 51.4 Å². The Bertz CT molecular complexity index is 1080. The van der Waals surface area contributed by atoms with Gasteiger partial charge in [0.05, 0.1) is 5.69 Å². The van der Waals surface area contributed by atoms with Crippen molar-refractivity contribution in [1.82, 2.24) is 19.5 Å². The number of piperidine rings is 1. The molecule has 3 aromatic rings. The van der Waals surface area contributed by atoms with Gasteiger partial charge in [-0.05, 0) is 63.4 Å². The minimum atomic E-state index is -4.71. The van der Waals surface area contributed by atoms with Gasteiger partial charge in [-0.3, -0.25) is 4.79 Å². The molecule has 4 rings (SSSR count). The van der Waals surface area contributed by atoms with E-state index in [9.17, 15) is 22.4 Å². The lowest BCUT2D eigenvalue weighted by molar-refractivity contribution is -0.142. The van der Waals surface area contributed by atoms with Crippen LogP contribution in [0.2, 0.25) is 0 Å². The summed E-state index contributed by atoms with van der Waals surface area (Å²) in [7, 11) is 0. The van der Waals surface area contributed by atoms with Crippen LogP contribution >= 0.6 is 0 Å². The number of carbonyl (C=O) groups excluding carboxylic acids is 1. The smallest absolute Gasteiger partial charge is 0.332 e. The molecule has 1 saturated heterocycles. The van der Waals surface area contributed by atoms with Crippen molar-refractivity contribution in [3.05, 3.63) is 53.6 Å². The summed E-state index contributed by atoms with van der Waals surface area (Å²) in [5.41, 5.74) is -0.870. The third-order valence-electron chi connectivity index (χ3n) is 5.50. The minimum absolute atomic E-state index is 0.0177. The van der Waals surface area contributed by atoms with Crippen LogP contribution in [-0.2, 0) is 6.18 Å². The van der Waals surface area contributed by atoms with Gasteiger partial charge in [-0.25, -0.2) is 13.9 Å². The molecule has 1 aliphatic rings. The molecule has 0 bridgehead atoms. The third-order valence-corrected chi connectivity index (χ3v) is 5.50. The quantitative estimate of drug-likeness (QED) is 0.551. The normalized spacial score (nSPS) is 20.0. The number of aromatic nitrogens is 3. The van der Waals surface area contributed by atoms with E-state index in [-0.39, 0.29) is 29.1 Å². The monoisotopic (exact) mass is 420 g/mol. The number of rotatable bonds is 2. The molecule has 158 valence electrons. The minimum Gasteiger partial charge on any atom is -0.332 e. The van der Waals surface area contributed by atoms with Crippen LogP contribution in [0.4, 0.5) is 17.6 Å². The first-order valence-corrected chi connectivity index (χ1v) is 9.72. The number of hydrogen-bond acceptors (Lipinski definition) is 3. The van der Waals surface area contributed by atoms with E-state index in [1.165, 1.54) is 18.2 Å². The predicted molar refractivity (Wildman–Crippen MR) is 102 cm³/mol. The first kappa shape index (κ1) is 20.3. The van der Waals surface area contributed by atoms with Crippen LogP contribution in [0.3, 0.4) is 0 Å². The second-order valence-electron chi connectivity index (χ2n) is 7.67. The van der Waals surface area contributed by atoms with Crippen molar-refractivity contribution in [3.63, 3.8) is 0 Å². The Labute approximate surface area is 170 Å². The number of amides is 1. The molecule has 0 aliphatic carbocycles. The molecule has 1 aliphatic heterocycles. The summed E-state index contributed by atoms with van der Waals surface area (Å²) in [5, 5.41) is 3.95. The standard InChI is InChI=1S/C21H20F4N4O/c1-12-4-3-5-13(2)28(12)20(30)17-11-19-26-16(14-6-8-15(22)9-7-14)10-18(21(23,24)25)29(19)27-17/h6-13H,3-5H2,1-2H3/t12-,13-/m0/s1. The van der Waals surface area contributed by atoms with E-state index >= 15 is 0 Å². The van der Waals surface area contributed by atoms with Crippen LogP contribution in [-0.4, -0.2) is 37.5 Å². The first-order chi connectivity index (χ1) is 14.1. The zero-order valence-electron chi connectivity index (χ0n) is 16.4. The van der Waals surface area contributed by atoms with Crippen LogP contribution in [0.5, 0.6) is 0 Å². The molecule has 1 aromatic carbocycles. The topological polar surface area (TPSA) is 50.5 Å². The molecule has 1 amide bonds. The zero-order chi connectivity index (χ0) is 21.6. The maximum Gasteiger partial charge on any atom is 0.433 e. The van der Waals surface area contributed by atoms with Gasteiger partial charge in [0.15, 0.2) is 17.0 Å². The van der Waals surface area contributed by atoms with E-state index in [0.29, 0.717) is 10.1 Å². The van der Waals surface area contributed by atoms with E-state index in [2.05, 4.69) is 10.1 Å². The van der Waals surface area contributed by atoms with Crippen molar-refractivity contribution < 1.29 is 22.4 Å². The summed E-state index contributed by atoms with van der Waals surface area (Å²) in [6, 6.07) is 7.11. The Morgan fingerprint density at radius 3 is 2.30 bits per heavy atom. The van der Waals surface area contributed by atoms with Crippen LogP contribution in [0.25, 0.3) is 16.9 Å². The van der Waals surface area contributed by atoms with Gasteiger partial charge in [0, 0.05) is 23.7 Å². The van der Waals surface area contributed by atoms with Crippen molar-refractivity contribution in [2.24, 2.45) is 0 Å². The van der Waals surface area contributed by atoms with Gasteiger partial charge in [-0.2, -0.15) is 18.3 Å². The summed E-state index contributed by atoms with van der Waals surface area (Å²) in [4.78, 5) is 19.0. The van der Waals surface area contributed by atoms with Crippen molar-refractivity contribution in [2.75, 3.05) is 0 Å². The summed E-state index contributed by atoms with van der Waals surface area (Å²) < 4.78 is 55.0. The molecule has 30 heavy (non-hydrogen) atoms. The highest BCUT2D eigenvalue weighted by atomic mass is 19.4. The lowest BCUT2D eigenvalue weighted by Crippen LogP contribution is -2.47. The molecule has 9 heteroatoms. The number of hydrogen-bond donors (Lipinski definition) is 0. The fraction of sp³-hybridized carbons (Fsp3) is 0.381. The average Bonchev–Trinajstić information content (AvgIpc) is 3.11.